The van der Waals surface area contributed by atoms with Gasteiger partial charge >= 0.3 is 0 Å². The first kappa shape index (κ1) is 6.48. The van der Waals surface area contributed by atoms with Crippen molar-refractivity contribution in [2.45, 2.75) is 0 Å². The second-order valence-corrected chi connectivity index (χ2v) is 2.28. The van der Waals surface area contributed by atoms with Gasteiger partial charge in [-0.15, -0.1) is 0 Å². The van der Waals surface area contributed by atoms with Crippen LogP contribution < -0.4 is 0 Å². The molecule has 0 aliphatic heterocycles. The van der Waals surface area contributed by atoms with E-state index >= 15 is 0 Å². The molecular formula is C5H3BrFNO. The number of nitrogens with one attached hydrogen (secondary N) is 1. The second-order valence-electron chi connectivity index (χ2n) is 1.48. The Bertz CT molecular complexity index is 213. The Morgan fingerprint density at radius 3 is 2.67 bits per heavy atom. The molecule has 0 aromatic carbocycles. The summed E-state index contributed by atoms with van der Waals surface area (Å²) >= 11 is 2.95. The topological polar surface area (TPSA) is 32.9 Å². The van der Waals surface area contributed by atoms with E-state index in [4.69, 9.17) is 0 Å². The SMILES string of the molecule is O=Cc1c(F)c[nH]c1Br. The number of hydrogen-bond donors (Lipinski definition) is 1. The zero-order valence-electron chi connectivity index (χ0n) is 4.32. The Kier molecular flexibility index (Phi) is 1.66. The van der Waals surface area contributed by atoms with Crippen molar-refractivity contribution in [3.05, 3.63) is 22.2 Å². The number of carbonyl (C=O) groups excluding carboxylic acids is 1. The molecule has 4 heteroatoms. The van der Waals surface area contributed by atoms with Crippen molar-refractivity contribution in [2.24, 2.45) is 0 Å². The predicted molar refractivity (Wildman–Crippen MR) is 33.8 cm³/mol. The summed E-state index contributed by atoms with van der Waals surface area (Å²) in [4.78, 5) is 12.5. The number of hydrogen-bond acceptors (Lipinski definition) is 1. The number of carbonyl (C=O) groups is 1. The molecule has 0 bridgehead atoms. The lowest BCUT2D eigenvalue weighted by Crippen LogP contribution is -1.79. The minimum Gasteiger partial charge on any atom is -0.353 e. The van der Waals surface area contributed by atoms with Gasteiger partial charge in [0.05, 0.1) is 10.2 Å². The van der Waals surface area contributed by atoms with Gasteiger partial charge in [-0.25, -0.2) is 4.39 Å². The van der Waals surface area contributed by atoms with Crippen LogP contribution in [0.15, 0.2) is 10.8 Å². The highest BCUT2D eigenvalue weighted by Crippen LogP contribution is 2.15. The fourth-order valence-electron chi connectivity index (χ4n) is 0.495. The van der Waals surface area contributed by atoms with Crippen molar-refractivity contribution >= 4 is 22.2 Å². The molecular weight excluding hydrogens is 189 g/mol. The molecule has 0 fully saturated rings. The predicted octanol–water partition coefficient (Wildman–Crippen LogP) is 1.73. The van der Waals surface area contributed by atoms with E-state index in [1.54, 1.807) is 0 Å². The summed E-state index contributed by atoms with van der Waals surface area (Å²) < 4.78 is 12.7. The normalized spacial score (nSPS) is 9.56. The number of aldehydes is 1. The summed E-state index contributed by atoms with van der Waals surface area (Å²) in [5, 5.41) is 0. The van der Waals surface area contributed by atoms with Crippen molar-refractivity contribution in [2.75, 3.05) is 0 Å². The van der Waals surface area contributed by atoms with Crippen LogP contribution in [-0.4, -0.2) is 11.3 Å². The number of rotatable bonds is 1. The largest absolute Gasteiger partial charge is 0.353 e. The standard InChI is InChI=1S/C5H3BrFNO/c6-5-3(2-9)4(7)1-8-5/h1-2,8H. The number of H-pyrrole nitrogens is 1. The fourth-order valence-corrected chi connectivity index (χ4v) is 0.892. The van der Waals surface area contributed by atoms with E-state index in [1.807, 2.05) is 0 Å². The average molecular weight is 192 g/mol. The molecule has 0 aliphatic rings. The number of halogens is 2. The lowest BCUT2D eigenvalue weighted by Gasteiger charge is -1.80. The van der Waals surface area contributed by atoms with Crippen LogP contribution >= 0.6 is 15.9 Å². The molecule has 1 aromatic rings. The molecule has 1 aromatic heterocycles. The highest BCUT2D eigenvalue weighted by molar-refractivity contribution is 9.10. The van der Waals surface area contributed by atoms with Gasteiger partial charge in [-0.1, -0.05) is 0 Å². The molecule has 2 nitrogen and oxygen atoms in total. The zero-order chi connectivity index (χ0) is 6.85. The first-order chi connectivity index (χ1) is 4.25. The van der Waals surface area contributed by atoms with Crippen molar-refractivity contribution in [1.82, 2.24) is 4.98 Å². The van der Waals surface area contributed by atoms with E-state index in [2.05, 4.69) is 20.9 Å². The summed E-state index contributed by atoms with van der Waals surface area (Å²) in [5.41, 5.74) is 0.0370. The molecule has 0 unspecified atom stereocenters. The molecule has 0 saturated carbocycles. The number of aromatic nitrogens is 1. The third-order valence-corrected chi connectivity index (χ3v) is 1.59. The molecule has 48 valence electrons. The Morgan fingerprint density at radius 2 is 2.44 bits per heavy atom. The maximum atomic E-state index is 12.3. The lowest BCUT2D eigenvalue weighted by molar-refractivity contribution is 0.111. The van der Waals surface area contributed by atoms with Gasteiger partial charge in [-0.05, 0) is 15.9 Å². The average Bonchev–Trinajstić information content (AvgIpc) is 2.12. The summed E-state index contributed by atoms with van der Waals surface area (Å²) in [7, 11) is 0. The molecule has 1 N–H and O–H groups in total. The fraction of sp³-hybridized carbons (Fsp3) is 0. The van der Waals surface area contributed by atoms with Crippen LogP contribution in [-0.2, 0) is 0 Å². The quantitative estimate of drug-likeness (QED) is 0.675. The Hall–Kier alpha value is -0.640. The molecule has 9 heavy (non-hydrogen) atoms. The summed E-state index contributed by atoms with van der Waals surface area (Å²) in [6, 6.07) is 0. The van der Waals surface area contributed by atoms with Gasteiger partial charge in [0.1, 0.15) is 0 Å². The van der Waals surface area contributed by atoms with Crippen molar-refractivity contribution in [3.63, 3.8) is 0 Å². The van der Waals surface area contributed by atoms with E-state index in [0.717, 1.165) is 6.20 Å². The van der Waals surface area contributed by atoms with Crippen molar-refractivity contribution < 1.29 is 9.18 Å². The van der Waals surface area contributed by atoms with Crippen LogP contribution in [0.1, 0.15) is 10.4 Å². The molecule has 0 atom stereocenters. The van der Waals surface area contributed by atoms with Crippen molar-refractivity contribution in [1.29, 1.82) is 0 Å². The third-order valence-electron chi connectivity index (χ3n) is 0.937. The maximum Gasteiger partial charge on any atom is 0.155 e. The van der Waals surface area contributed by atoms with Crippen molar-refractivity contribution in [3.8, 4) is 0 Å². The Morgan fingerprint density at radius 1 is 1.78 bits per heavy atom. The minimum absolute atomic E-state index is 0.0370. The van der Waals surface area contributed by atoms with E-state index in [0.29, 0.717) is 10.9 Å². The zero-order valence-corrected chi connectivity index (χ0v) is 5.90. The molecule has 0 saturated heterocycles. The van der Waals surface area contributed by atoms with E-state index < -0.39 is 5.82 Å². The van der Waals surface area contributed by atoms with Crippen LogP contribution in [0.4, 0.5) is 4.39 Å². The molecule has 0 aliphatic carbocycles. The maximum absolute atomic E-state index is 12.3. The number of aromatic amines is 1. The lowest BCUT2D eigenvalue weighted by atomic mass is 10.4. The van der Waals surface area contributed by atoms with Gasteiger partial charge in [-0.3, -0.25) is 4.79 Å². The highest BCUT2D eigenvalue weighted by Gasteiger charge is 2.05. The smallest absolute Gasteiger partial charge is 0.155 e. The van der Waals surface area contributed by atoms with E-state index in [9.17, 15) is 9.18 Å². The molecule has 1 rings (SSSR count). The molecule has 1 heterocycles. The van der Waals surface area contributed by atoms with Crippen LogP contribution in [0.25, 0.3) is 0 Å². The van der Waals surface area contributed by atoms with Crippen LogP contribution in [0.3, 0.4) is 0 Å². The van der Waals surface area contributed by atoms with Gasteiger partial charge in [0.2, 0.25) is 0 Å². The summed E-state index contributed by atoms with van der Waals surface area (Å²) in [5.74, 6) is -0.531. The van der Waals surface area contributed by atoms with Crippen LogP contribution in [0.5, 0.6) is 0 Å². The Balaban J connectivity index is 3.22. The third kappa shape index (κ3) is 1.03. The van der Waals surface area contributed by atoms with Crippen LogP contribution in [0, 0.1) is 5.82 Å². The monoisotopic (exact) mass is 191 g/mol. The van der Waals surface area contributed by atoms with Gasteiger partial charge in [-0.2, -0.15) is 0 Å². The first-order valence-corrected chi connectivity index (χ1v) is 3.02. The van der Waals surface area contributed by atoms with Gasteiger partial charge < -0.3 is 4.98 Å². The molecule has 0 amide bonds. The van der Waals surface area contributed by atoms with E-state index in [-0.39, 0.29) is 5.56 Å². The minimum atomic E-state index is -0.531. The van der Waals surface area contributed by atoms with Gasteiger partial charge in [0, 0.05) is 6.20 Å². The van der Waals surface area contributed by atoms with E-state index in [1.165, 1.54) is 0 Å². The summed E-state index contributed by atoms with van der Waals surface area (Å²) in [6.07, 6.45) is 1.57. The summed E-state index contributed by atoms with van der Waals surface area (Å²) in [6.45, 7) is 0. The molecule has 0 spiro atoms. The second kappa shape index (κ2) is 2.31. The molecule has 0 radical (unpaired) electrons. The van der Waals surface area contributed by atoms with Crippen LogP contribution in [0.2, 0.25) is 0 Å². The first-order valence-electron chi connectivity index (χ1n) is 2.23. The Labute approximate surface area is 59.2 Å². The van der Waals surface area contributed by atoms with Gasteiger partial charge in [0.15, 0.2) is 12.1 Å². The van der Waals surface area contributed by atoms with Gasteiger partial charge in [0.25, 0.3) is 0 Å². The highest BCUT2D eigenvalue weighted by atomic mass is 79.9.